The van der Waals surface area contributed by atoms with Gasteiger partial charge in [0.05, 0.1) is 12.5 Å². The van der Waals surface area contributed by atoms with Crippen molar-refractivity contribution in [3.63, 3.8) is 0 Å². The minimum absolute atomic E-state index is 0.0640. The van der Waals surface area contributed by atoms with Crippen molar-refractivity contribution in [2.45, 2.75) is 6.42 Å². The molecule has 14 heavy (non-hydrogen) atoms. The highest BCUT2D eigenvalue weighted by Crippen LogP contribution is 2.16. The van der Waals surface area contributed by atoms with Crippen LogP contribution < -0.4 is 0 Å². The predicted molar refractivity (Wildman–Crippen MR) is 48.7 cm³/mol. The summed E-state index contributed by atoms with van der Waals surface area (Å²) in [4.78, 5) is 14.3. The van der Waals surface area contributed by atoms with Gasteiger partial charge in [0.25, 0.3) is 5.89 Å². The Labute approximate surface area is 79.8 Å². The Morgan fingerprint density at radius 1 is 1.57 bits per heavy atom. The molecule has 4 heteroatoms. The first kappa shape index (κ1) is 8.45. The van der Waals surface area contributed by atoms with Crippen LogP contribution in [0.4, 0.5) is 0 Å². The first-order chi connectivity index (χ1) is 6.83. The van der Waals surface area contributed by atoms with Crippen LogP contribution in [-0.4, -0.2) is 11.3 Å². The Balaban J connectivity index is 2.54. The van der Waals surface area contributed by atoms with Crippen LogP contribution in [0.25, 0.3) is 11.1 Å². The first-order valence-electron chi connectivity index (χ1n) is 4.05. The minimum Gasteiger partial charge on any atom is -0.434 e. The molecule has 0 atom stereocenters. The lowest BCUT2D eigenvalue weighted by Gasteiger charge is -1.91. The summed E-state index contributed by atoms with van der Waals surface area (Å²) in [6.07, 6.45) is 0.886. The molecule has 0 bridgehead atoms. The number of carbonyl (C=O) groups is 1. The molecular weight excluding hydrogens is 180 g/mol. The van der Waals surface area contributed by atoms with E-state index in [-0.39, 0.29) is 5.89 Å². The molecule has 0 aliphatic carbocycles. The zero-order valence-electron chi connectivity index (χ0n) is 7.23. The van der Waals surface area contributed by atoms with E-state index >= 15 is 0 Å². The quantitative estimate of drug-likeness (QED) is 0.669. The molecule has 1 aromatic heterocycles. The lowest BCUT2D eigenvalue weighted by atomic mass is 10.1. The van der Waals surface area contributed by atoms with Crippen LogP contribution in [0.1, 0.15) is 16.2 Å². The standard InChI is InChI=1S/C10H6N2O2/c11-4-3-7-1-2-8-9(5-7)14-10(6-13)12-8/h1-2,5-6H,3H2. The highest BCUT2D eigenvalue weighted by Gasteiger charge is 2.04. The molecule has 0 aliphatic heterocycles. The summed E-state index contributed by atoms with van der Waals surface area (Å²) in [6.45, 7) is 0. The van der Waals surface area contributed by atoms with Gasteiger partial charge >= 0.3 is 0 Å². The van der Waals surface area contributed by atoms with Crippen LogP contribution in [0.3, 0.4) is 0 Å². The summed E-state index contributed by atoms with van der Waals surface area (Å²) in [7, 11) is 0. The fraction of sp³-hybridized carbons (Fsp3) is 0.100. The summed E-state index contributed by atoms with van der Waals surface area (Å²) in [6, 6.07) is 7.29. The number of aldehydes is 1. The van der Waals surface area contributed by atoms with Crippen LogP contribution in [0.2, 0.25) is 0 Å². The topological polar surface area (TPSA) is 66.9 Å². The number of hydrogen-bond acceptors (Lipinski definition) is 4. The third-order valence-corrected chi connectivity index (χ3v) is 1.85. The largest absolute Gasteiger partial charge is 0.434 e. The van der Waals surface area contributed by atoms with Gasteiger partial charge < -0.3 is 4.42 Å². The van der Waals surface area contributed by atoms with Crippen molar-refractivity contribution in [2.24, 2.45) is 0 Å². The number of oxazole rings is 1. The highest BCUT2D eigenvalue weighted by molar-refractivity contribution is 5.79. The summed E-state index contributed by atoms with van der Waals surface area (Å²) in [5.74, 6) is 0.0640. The molecule has 0 spiro atoms. The van der Waals surface area contributed by atoms with Gasteiger partial charge in [-0.25, -0.2) is 4.98 Å². The van der Waals surface area contributed by atoms with E-state index in [9.17, 15) is 4.79 Å². The minimum atomic E-state index is 0.0640. The van der Waals surface area contributed by atoms with Gasteiger partial charge in [0.15, 0.2) is 5.58 Å². The highest BCUT2D eigenvalue weighted by atomic mass is 16.4. The van der Waals surface area contributed by atoms with Gasteiger partial charge in [-0.1, -0.05) is 6.07 Å². The van der Waals surface area contributed by atoms with Gasteiger partial charge in [-0.3, -0.25) is 4.79 Å². The Hall–Kier alpha value is -2.15. The van der Waals surface area contributed by atoms with Gasteiger partial charge in [-0.2, -0.15) is 5.26 Å². The van der Waals surface area contributed by atoms with Gasteiger partial charge in [0.1, 0.15) is 5.52 Å². The Morgan fingerprint density at radius 2 is 2.43 bits per heavy atom. The second-order valence-electron chi connectivity index (χ2n) is 2.81. The van der Waals surface area contributed by atoms with Crippen molar-refractivity contribution in [1.82, 2.24) is 4.98 Å². The molecule has 1 heterocycles. The average molecular weight is 186 g/mol. The van der Waals surface area contributed by atoms with E-state index in [1.807, 2.05) is 6.07 Å². The molecule has 0 amide bonds. The third-order valence-electron chi connectivity index (χ3n) is 1.85. The van der Waals surface area contributed by atoms with Gasteiger partial charge in [-0.05, 0) is 17.7 Å². The van der Waals surface area contributed by atoms with Crippen molar-refractivity contribution < 1.29 is 9.21 Å². The van der Waals surface area contributed by atoms with Crippen molar-refractivity contribution >= 4 is 17.4 Å². The molecule has 4 nitrogen and oxygen atoms in total. The number of nitrogens with zero attached hydrogens (tertiary/aromatic N) is 2. The zero-order valence-corrected chi connectivity index (χ0v) is 7.23. The van der Waals surface area contributed by atoms with Crippen LogP contribution in [-0.2, 0) is 6.42 Å². The number of nitriles is 1. The molecule has 1 aromatic carbocycles. The molecule has 0 saturated heterocycles. The summed E-state index contributed by atoms with van der Waals surface area (Å²) in [5.41, 5.74) is 2.03. The molecule has 0 fully saturated rings. The second kappa shape index (κ2) is 3.30. The van der Waals surface area contributed by atoms with Crippen molar-refractivity contribution in [3.8, 4) is 6.07 Å². The van der Waals surface area contributed by atoms with E-state index in [4.69, 9.17) is 9.68 Å². The first-order valence-corrected chi connectivity index (χ1v) is 4.05. The number of rotatable bonds is 2. The zero-order chi connectivity index (χ0) is 9.97. The maximum absolute atomic E-state index is 10.4. The van der Waals surface area contributed by atoms with Crippen molar-refractivity contribution in [2.75, 3.05) is 0 Å². The molecular formula is C10H6N2O2. The fourth-order valence-corrected chi connectivity index (χ4v) is 1.24. The number of benzene rings is 1. The van der Waals surface area contributed by atoms with E-state index in [1.54, 1.807) is 18.2 Å². The third kappa shape index (κ3) is 1.36. The van der Waals surface area contributed by atoms with Crippen LogP contribution in [0, 0.1) is 11.3 Å². The SMILES string of the molecule is N#CCc1ccc2nc(C=O)oc2c1. The van der Waals surface area contributed by atoms with E-state index < -0.39 is 0 Å². The number of hydrogen-bond donors (Lipinski definition) is 0. The normalized spacial score (nSPS) is 9.93. The molecule has 0 unspecified atom stereocenters. The number of fused-ring (bicyclic) bond motifs is 1. The molecule has 2 rings (SSSR count). The summed E-state index contributed by atoms with van der Waals surface area (Å²) in [5, 5.41) is 8.49. The van der Waals surface area contributed by atoms with Gasteiger partial charge in [-0.15, -0.1) is 0 Å². The maximum atomic E-state index is 10.4. The predicted octanol–water partition coefficient (Wildman–Crippen LogP) is 1.71. The number of carbonyl (C=O) groups excluding carboxylic acids is 1. The maximum Gasteiger partial charge on any atom is 0.260 e. The van der Waals surface area contributed by atoms with Gasteiger partial charge in [0, 0.05) is 0 Å². The lowest BCUT2D eigenvalue weighted by Crippen LogP contribution is -1.79. The smallest absolute Gasteiger partial charge is 0.260 e. The molecule has 68 valence electrons. The molecule has 2 aromatic rings. The Morgan fingerprint density at radius 3 is 3.14 bits per heavy atom. The number of aromatic nitrogens is 1. The van der Waals surface area contributed by atoms with E-state index in [2.05, 4.69) is 4.98 Å². The monoisotopic (exact) mass is 186 g/mol. The van der Waals surface area contributed by atoms with E-state index in [1.165, 1.54) is 0 Å². The lowest BCUT2D eigenvalue weighted by molar-refractivity contribution is 0.109. The van der Waals surface area contributed by atoms with E-state index in [0.717, 1.165) is 5.56 Å². The average Bonchev–Trinajstić information content (AvgIpc) is 2.60. The fourth-order valence-electron chi connectivity index (χ4n) is 1.24. The second-order valence-corrected chi connectivity index (χ2v) is 2.81. The molecule has 0 N–H and O–H groups in total. The van der Waals surface area contributed by atoms with Crippen molar-refractivity contribution in [1.29, 1.82) is 5.26 Å². The molecule has 0 radical (unpaired) electrons. The van der Waals surface area contributed by atoms with Gasteiger partial charge in [0.2, 0.25) is 6.29 Å². The van der Waals surface area contributed by atoms with E-state index in [0.29, 0.717) is 23.8 Å². The Kier molecular flexibility index (Phi) is 1.99. The molecule has 0 saturated carbocycles. The van der Waals surface area contributed by atoms with Crippen LogP contribution in [0.5, 0.6) is 0 Å². The summed E-state index contributed by atoms with van der Waals surface area (Å²) >= 11 is 0. The summed E-state index contributed by atoms with van der Waals surface area (Å²) < 4.78 is 5.12. The van der Waals surface area contributed by atoms with Crippen LogP contribution >= 0.6 is 0 Å². The van der Waals surface area contributed by atoms with Crippen molar-refractivity contribution in [3.05, 3.63) is 29.7 Å². The molecule has 0 aliphatic rings. The van der Waals surface area contributed by atoms with Crippen LogP contribution in [0.15, 0.2) is 22.6 Å². The Bertz CT molecular complexity index is 522.